The van der Waals surface area contributed by atoms with Crippen molar-refractivity contribution in [3.05, 3.63) is 48.8 Å². The number of aromatic nitrogens is 3. The van der Waals surface area contributed by atoms with Crippen LogP contribution in [-0.4, -0.2) is 14.5 Å². The maximum atomic E-state index is 3.96. The molecule has 15 heavy (non-hydrogen) atoms. The summed E-state index contributed by atoms with van der Waals surface area (Å²) >= 11 is 0. The number of rotatable bonds is 2. The number of pyridine rings is 1. The highest BCUT2D eigenvalue weighted by Gasteiger charge is 1.81. The van der Waals surface area contributed by atoms with E-state index in [9.17, 15) is 0 Å². The predicted octanol–water partition coefficient (Wildman–Crippen LogP) is 2.55. The van der Waals surface area contributed by atoms with E-state index in [4.69, 9.17) is 0 Å². The normalized spacial score (nSPS) is 9.20. The molecule has 0 saturated heterocycles. The van der Waals surface area contributed by atoms with Crippen molar-refractivity contribution in [1.82, 2.24) is 14.5 Å². The lowest BCUT2D eigenvalue weighted by Crippen LogP contribution is -1.85. The zero-order chi connectivity index (χ0) is 10.9. The monoisotopic (exact) mass is 203 g/mol. The van der Waals surface area contributed by atoms with Gasteiger partial charge in [0, 0.05) is 31.3 Å². The summed E-state index contributed by atoms with van der Waals surface area (Å²) in [6.07, 6.45) is 10.3. The second-order valence-corrected chi connectivity index (χ2v) is 3.11. The molecular formula is C12H17N3. The summed E-state index contributed by atoms with van der Waals surface area (Å²) in [6.45, 7) is 5.22. The fraction of sp³-hybridized carbons (Fsp3) is 0.333. The highest BCUT2D eigenvalue weighted by molar-refractivity contribution is 5.07. The van der Waals surface area contributed by atoms with E-state index >= 15 is 0 Å². The Hall–Kier alpha value is -1.64. The summed E-state index contributed by atoms with van der Waals surface area (Å²) < 4.78 is 2.01. The van der Waals surface area contributed by atoms with Crippen LogP contribution in [0.2, 0.25) is 0 Å². The van der Waals surface area contributed by atoms with Crippen molar-refractivity contribution < 1.29 is 0 Å². The minimum atomic E-state index is 1.01. The summed E-state index contributed by atoms with van der Waals surface area (Å²) in [5, 5.41) is 0. The van der Waals surface area contributed by atoms with Gasteiger partial charge in [-0.1, -0.05) is 13.0 Å². The van der Waals surface area contributed by atoms with Crippen molar-refractivity contribution in [2.75, 3.05) is 0 Å². The molecule has 3 nitrogen and oxygen atoms in total. The van der Waals surface area contributed by atoms with E-state index in [1.807, 2.05) is 23.0 Å². The number of aryl methyl sites for hydroxylation is 2. The Morgan fingerprint density at radius 2 is 2.07 bits per heavy atom. The molecule has 0 aliphatic rings. The Bertz CT molecular complexity index is 340. The third kappa shape index (κ3) is 4.40. The van der Waals surface area contributed by atoms with E-state index in [0.717, 1.165) is 13.0 Å². The molecule has 0 aromatic carbocycles. The topological polar surface area (TPSA) is 30.7 Å². The van der Waals surface area contributed by atoms with Gasteiger partial charge in [0.05, 0.1) is 6.33 Å². The minimum Gasteiger partial charge on any atom is -0.338 e. The van der Waals surface area contributed by atoms with Crippen molar-refractivity contribution in [3.63, 3.8) is 0 Å². The highest BCUT2D eigenvalue weighted by Crippen LogP contribution is 1.93. The first-order valence-corrected chi connectivity index (χ1v) is 5.21. The van der Waals surface area contributed by atoms with Gasteiger partial charge >= 0.3 is 0 Å². The molecule has 2 aromatic rings. The van der Waals surface area contributed by atoms with Crippen molar-refractivity contribution in [2.45, 2.75) is 26.8 Å². The Morgan fingerprint density at radius 1 is 1.20 bits per heavy atom. The Balaban J connectivity index is 0.000000151. The molecule has 0 atom stereocenters. The maximum Gasteiger partial charge on any atom is 0.0945 e. The summed E-state index contributed by atoms with van der Waals surface area (Å²) in [7, 11) is 0. The molecule has 2 rings (SSSR count). The summed E-state index contributed by atoms with van der Waals surface area (Å²) in [5.41, 5.74) is 1.30. The van der Waals surface area contributed by atoms with Gasteiger partial charge in [-0.15, -0.1) is 0 Å². The van der Waals surface area contributed by atoms with Gasteiger partial charge in [0.1, 0.15) is 0 Å². The molecule has 0 N–H and O–H groups in total. The Morgan fingerprint density at radius 3 is 2.40 bits per heavy atom. The van der Waals surface area contributed by atoms with Crippen LogP contribution in [0.1, 0.15) is 19.4 Å². The molecule has 0 spiro atoms. The molecule has 80 valence electrons. The van der Waals surface area contributed by atoms with Crippen molar-refractivity contribution in [3.8, 4) is 0 Å². The van der Waals surface area contributed by atoms with Crippen LogP contribution >= 0.6 is 0 Å². The van der Waals surface area contributed by atoms with E-state index in [-0.39, 0.29) is 0 Å². The molecule has 0 amide bonds. The molecule has 0 aliphatic carbocycles. The number of hydrogen-bond acceptors (Lipinski definition) is 2. The molecule has 2 heterocycles. The standard InChI is InChI=1S/C7H9N.C5H8N2/c1-2-7-4-3-5-8-6-7;1-2-7-4-3-6-5-7/h3-6H,2H2,1H3;3-5H,2H2,1H3. The second kappa shape index (κ2) is 6.76. The molecule has 0 fully saturated rings. The smallest absolute Gasteiger partial charge is 0.0945 e. The van der Waals surface area contributed by atoms with Crippen molar-refractivity contribution in [2.24, 2.45) is 0 Å². The van der Waals surface area contributed by atoms with E-state index in [2.05, 4.69) is 29.9 Å². The summed E-state index contributed by atoms with van der Waals surface area (Å²) in [6, 6.07) is 4.03. The first-order valence-electron chi connectivity index (χ1n) is 5.21. The SMILES string of the molecule is CCc1cccnc1.CCn1ccnc1. The molecular weight excluding hydrogens is 186 g/mol. The van der Waals surface area contributed by atoms with Gasteiger partial charge < -0.3 is 4.57 Å². The average Bonchev–Trinajstić information content (AvgIpc) is 2.84. The molecule has 0 bridgehead atoms. The van der Waals surface area contributed by atoms with Crippen molar-refractivity contribution in [1.29, 1.82) is 0 Å². The number of imidazole rings is 1. The van der Waals surface area contributed by atoms with Crippen LogP contribution in [0.3, 0.4) is 0 Å². The van der Waals surface area contributed by atoms with Crippen LogP contribution in [0, 0.1) is 0 Å². The summed E-state index contributed by atoms with van der Waals surface area (Å²) in [4.78, 5) is 7.81. The lowest BCUT2D eigenvalue weighted by molar-refractivity contribution is 0.761. The van der Waals surface area contributed by atoms with Crippen LogP contribution in [0.15, 0.2) is 43.2 Å². The lowest BCUT2D eigenvalue weighted by atomic mass is 10.2. The van der Waals surface area contributed by atoms with Gasteiger partial charge in [0.25, 0.3) is 0 Å². The zero-order valence-electron chi connectivity index (χ0n) is 9.30. The fourth-order valence-corrected chi connectivity index (χ4v) is 1.08. The largest absolute Gasteiger partial charge is 0.338 e. The van der Waals surface area contributed by atoms with Crippen LogP contribution in [0.25, 0.3) is 0 Å². The molecule has 2 aromatic heterocycles. The number of hydrogen-bond donors (Lipinski definition) is 0. The van der Waals surface area contributed by atoms with Crippen LogP contribution in [0.4, 0.5) is 0 Å². The quantitative estimate of drug-likeness (QED) is 0.751. The second-order valence-electron chi connectivity index (χ2n) is 3.11. The maximum absolute atomic E-state index is 3.96. The van der Waals surface area contributed by atoms with Gasteiger partial charge in [-0.25, -0.2) is 4.98 Å². The van der Waals surface area contributed by atoms with Crippen molar-refractivity contribution >= 4 is 0 Å². The molecule has 0 saturated carbocycles. The first kappa shape index (κ1) is 11.4. The predicted molar refractivity (Wildman–Crippen MR) is 61.5 cm³/mol. The average molecular weight is 203 g/mol. The minimum absolute atomic E-state index is 1.01. The zero-order valence-corrected chi connectivity index (χ0v) is 9.30. The van der Waals surface area contributed by atoms with Crippen LogP contribution < -0.4 is 0 Å². The van der Waals surface area contributed by atoms with E-state index in [1.54, 1.807) is 18.7 Å². The van der Waals surface area contributed by atoms with Gasteiger partial charge in [-0.05, 0) is 25.0 Å². The van der Waals surface area contributed by atoms with E-state index in [0.29, 0.717) is 0 Å². The van der Waals surface area contributed by atoms with Gasteiger partial charge in [0.15, 0.2) is 0 Å². The number of nitrogens with zero attached hydrogens (tertiary/aromatic N) is 3. The molecule has 0 aliphatic heterocycles. The Kier molecular flexibility index (Phi) is 5.15. The third-order valence-electron chi connectivity index (χ3n) is 2.06. The van der Waals surface area contributed by atoms with E-state index < -0.39 is 0 Å². The van der Waals surface area contributed by atoms with E-state index in [1.165, 1.54) is 5.56 Å². The van der Waals surface area contributed by atoms with Crippen LogP contribution in [0.5, 0.6) is 0 Å². The van der Waals surface area contributed by atoms with Gasteiger partial charge in [-0.2, -0.15) is 0 Å². The Labute approximate surface area is 90.8 Å². The highest BCUT2D eigenvalue weighted by atomic mass is 15.0. The summed E-state index contributed by atoms with van der Waals surface area (Å²) in [5.74, 6) is 0. The molecule has 0 unspecified atom stereocenters. The van der Waals surface area contributed by atoms with Gasteiger partial charge in [-0.3, -0.25) is 4.98 Å². The third-order valence-corrected chi connectivity index (χ3v) is 2.06. The first-order chi connectivity index (χ1) is 7.36. The fourth-order valence-electron chi connectivity index (χ4n) is 1.08. The lowest BCUT2D eigenvalue weighted by Gasteiger charge is -1.88. The molecule has 0 radical (unpaired) electrons. The van der Waals surface area contributed by atoms with Crippen LogP contribution in [-0.2, 0) is 13.0 Å². The molecule has 3 heteroatoms. The van der Waals surface area contributed by atoms with Gasteiger partial charge in [0.2, 0.25) is 0 Å².